The zero-order valence-corrected chi connectivity index (χ0v) is 14.6. The topological polar surface area (TPSA) is 24.5 Å². The van der Waals surface area contributed by atoms with Gasteiger partial charge in [0.25, 0.3) is 0 Å². The summed E-state index contributed by atoms with van der Waals surface area (Å²) in [6.45, 7) is 6.54. The lowest BCUT2D eigenvalue weighted by Gasteiger charge is -2.36. The Balaban J connectivity index is 2.05. The predicted octanol–water partition coefficient (Wildman–Crippen LogP) is 4.84. The average molecular weight is 310 g/mol. The van der Waals surface area contributed by atoms with E-state index in [2.05, 4.69) is 68.4 Å². The minimum absolute atomic E-state index is 0.106. The number of likely N-dealkylation sites (N-methyl/N-ethyl adjacent to an activating group) is 1. The summed E-state index contributed by atoms with van der Waals surface area (Å²) >= 11 is 0. The zero-order valence-electron chi connectivity index (χ0n) is 14.6. The van der Waals surface area contributed by atoms with Gasteiger partial charge >= 0.3 is 0 Å². The smallest absolute Gasteiger partial charge is 0.119 e. The second-order valence-electron chi connectivity index (χ2n) is 6.21. The van der Waals surface area contributed by atoms with E-state index in [0.717, 1.165) is 11.4 Å². The largest absolute Gasteiger partial charge is 0.497 e. The van der Waals surface area contributed by atoms with Gasteiger partial charge in [0.05, 0.1) is 12.6 Å². The number of aryl methyl sites for hydroxylation is 1. The van der Waals surface area contributed by atoms with E-state index in [1.54, 1.807) is 7.11 Å². The maximum atomic E-state index is 5.17. The van der Waals surface area contributed by atoms with Crippen molar-refractivity contribution in [2.45, 2.75) is 26.3 Å². The Morgan fingerprint density at radius 3 is 2.30 bits per heavy atom. The summed E-state index contributed by atoms with van der Waals surface area (Å²) in [6.07, 6.45) is 4.17. The number of nitrogens with one attached hydrogen (secondary N) is 1. The van der Waals surface area contributed by atoms with Gasteiger partial charge in [0.2, 0.25) is 0 Å². The van der Waals surface area contributed by atoms with E-state index in [1.807, 2.05) is 30.5 Å². The Labute approximate surface area is 139 Å². The Morgan fingerprint density at radius 1 is 1.04 bits per heavy atom. The molecule has 0 aliphatic rings. The number of benzene rings is 2. The van der Waals surface area contributed by atoms with Crippen molar-refractivity contribution < 1.29 is 4.74 Å². The van der Waals surface area contributed by atoms with Gasteiger partial charge in [-0.2, -0.15) is 0 Å². The van der Waals surface area contributed by atoms with Crippen molar-refractivity contribution in [3.8, 4) is 5.75 Å². The summed E-state index contributed by atoms with van der Waals surface area (Å²) in [7, 11) is 3.80. The third-order valence-corrected chi connectivity index (χ3v) is 4.17. The minimum atomic E-state index is -0.106. The quantitative estimate of drug-likeness (QED) is 0.826. The van der Waals surface area contributed by atoms with Gasteiger partial charge in [0.15, 0.2) is 0 Å². The van der Waals surface area contributed by atoms with Gasteiger partial charge in [-0.15, -0.1) is 0 Å². The third kappa shape index (κ3) is 4.28. The Hall–Kier alpha value is -2.42. The van der Waals surface area contributed by atoms with Gasteiger partial charge in [0.1, 0.15) is 5.75 Å². The maximum Gasteiger partial charge on any atom is 0.119 e. The maximum absolute atomic E-state index is 5.17. The monoisotopic (exact) mass is 310 g/mol. The molecule has 0 saturated carbocycles. The van der Waals surface area contributed by atoms with Crippen LogP contribution in [0.3, 0.4) is 0 Å². The van der Waals surface area contributed by atoms with Crippen molar-refractivity contribution in [3.05, 3.63) is 66.4 Å². The molecule has 0 aliphatic carbocycles. The number of nitrogens with zero attached hydrogens (tertiary/aromatic N) is 1. The molecule has 0 spiro atoms. The lowest BCUT2D eigenvalue weighted by Crippen LogP contribution is -2.39. The fourth-order valence-corrected chi connectivity index (χ4v) is 2.39. The predicted molar refractivity (Wildman–Crippen MR) is 99.4 cm³/mol. The van der Waals surface area contributed by atoms with E-state index in [4.69, 9.17) is 4.74 Å². The van der Waals surface area contributed by atoms with Crippen molar-refractivity contribution in [2.24, 2.45) is 0 Å². The van der Waals surface area contributed by atoms with Crippen LogP contribution in [0.1, 0.15) is 19.4 Å². The zero-order chi connectivity index (χ0) is 16.9. The first kappa shape index (κ1) is 16.9. The molecule has 0 amide bonds. The molecule has 0 aliphatic heterocycles. The second kappa shape index (κ2) is 7.23. The van der Waals surface area contributed by atoms with E-state index in [0.29, 0.717) is 0 Å². The highest BCUT2D eigenvalue weighted by Crippen LogP contribution is 2.26. The first-order valence-electron chi connectivity index (χ1n) is 7.82. The number of hydrogen-bond acceptors (Lipinski definition) is 3. The molecule has 0 radical (unpaired) electrons. The van der Waals surface area contributed by atoms with Crippen LogP contribution in [0.15, 0.2) is 60.8 Å². The highest BCUT2D eigenvalue weighted by molar-refractivity contribution is 5.55. The first-order valence-corrected chi connectivity index (χ1v) is 7.82. The van der Waals surface area contributed by atoms with Gasteiger partial charge < -0.3 is 15.0 Å². The normalized spacial score (nSPS) is 11.5. The lowest BCUT2D eigenvalue weighted by atomic mass is 10.0. The number of rotatable bonds is 6. The standard InChI is InChI=1S/C20H26N2O/c1-16-8-6-7-9-19(16)22(4)20(2,3)14-15-21-17-10-12-18(23-5)13-11-17/h6-15,21H,1-5H3. The fraction of sp³-hybridized carbons (Fsp3) is 0.300. The van der Waals surface area contributed by atoms with Crippen LogP contribution in [0.2, 0.25) is 0 Å². The summed E-state index contributed by atoms with van der Waals surface area (Å²) in [4.78, 5) is 2.29. The van der Waals surface area contributed by atoms with Crippen LogP contribution in [0, 0.1) is 6.92 Å². The molecule has 0 heterocycles. The van der Waals surface area contributed by atoms with Crippen molar-refractivity contribution in [1.82, 2.24) is 0 Å². The molecule has 0 atom stereocenters. The van der Waals surface area contributed by atoms with Crippen LogP contribution >= 0.6 is 0 Å². The fourth-order valence-electron chi connectivity index (χ4n) is 2.39. The van der Waals surface area contributed by atoms with Gasteiger partial charge in [-0.1, -0.05) is 18.2 Å². The van der Waals surface area contributed by atoms with Crippen molar-refractivity contribution in [3.63, 3.8) is 0 Å². The molecule has 0 bridgehead atoms. The summed E-state index contributed by atoms with van der Waals surface area (Å²) in [5.74, 6) is 0.860. The molecule has 1 N–H and O–H groups in total. The van der Waals surface area contributed by atoms with Gasteiger partial charge in [-0.05, 0) is 68.9 Å². The first-order chi connectivity index (χ1) is 10.9. The Bertz CT molecular complexity index is 660. The SMILES string of the molecule is COc1ccc(NC=CC(C)(C)N(C)c2ccccc2C)cc1. The number of hydrogen-bond donors (Lipinski definition) is 1. The molecule has 3 heteroatoms. The molecule has 2 rings (SSSR count). The average Bonchev–Trinajstić information content (AvgIpc) is 2.55. The summed E-state index contributed by atoms with van der Waals surface area (Å²) in [5.41, 5.74) is 3.45. The molecule has 0 aromatic heterocycles. The number of para-hydroxylation sites is 1. The lowest BCUT2D eigenvalue weighted by molar-refractivity contribution is 0.415. The van der Waals surface area contributed by atoms with Crippen LogP contribution in [-0.2, 0) is 0 Å². The molecule has 0 fully saturated rings. The summed E-state index contributed by atoms with van der Waals surface area (Å²) in [6, 6.07) is 16.3. The van der Waals surface area contributed by atoms with E-state index in [1.165, 1.54) is 11.3 Å². The summed E-state index contributed by atoms with van der Waals surface area (Å²) < 4.78 is 5.17. The van der Waals surface area contributed by atoms with Crippen LogP contribution in [0.4, 0.5) is 11.4 Å². The van der Waals surface area contributed by atoms with E-state index >= 15 is 0 Å². The Morgan fingerprint density at radius 2 is 1.70 bits per heavy atom. The number of ether oxygens (including phenoxy) is 1. The van der Waals surface area contributed by atoms with Crippen molar-refractivity contribution >= 4 is 11.4 Å². The molecule has 2 aromatic rings. The van der Waals surface area contributed by atoms with Crippen molar-refractivity contribution in [1.29, 1.82) is 0 Å². The highest BCUT2D eigenvalue weighted by Gasteiger charge is 2.21. The van der Waals surface area contributed by atoms with Crippen molar-refractivity contribution in [2.75, 3.05) is 24.4 Å². The Kier molecular flexibility index (Phi) is 5.32. The van der Waals surface area contributed by atoms with Gasteiger partial charge in [-0.25, -0.2) is 0 Å². The van der Waals surface area contributed by atoms with Crippen LogP contribution in [-0.4, -0.2) is 19.7 Å². The van der Waals surface area contributed by atoms with Gasteiger partial charge in [0, 0.05) is 18.4 Å². The van der Waals surface area contributed by atoms with Gasteiger partial charge in [-0.3, -0.25) is 0 Å². The van der Waals surface area contributed by atoms with Crippen LogP contribution in [0.25, 0.3) is 0 Å². The third-order valence-electron chi connectivity index (χ3n) is 4.17. The molecule has 0 unspecified atom stereocenters. The van der Waals surface area contributed by atoms with E-state index in [-0.39, 0.29) is 5.54 Å². The number of anilines is 2. The minimum Gasteiger partial charge on any atom is -0.497 e. The molecular formula is C20H26N2O. The van der Waals surface area contributed by atoms with Crippen LogP contribution in [0.5, 0.6) is 5.75 Å². The molecule has 122 valence electrons. The van der Waals surface area contributed by atoms with E-state index in [9.17, 15) is 0 Å². The van der Waals surface area contributed by atoms with Crippen LogP contribution < -0.4 is 15.0 Å². The number of methoxy groups -OCH3 is 1. The van der Waals surface area contributed by atoms with E-state index < -0.39 is 0 Å². The molecule has 2 aromatic carbocycles. The highest BCUT2D eigenvalue weighted by atomic mass is 16.5. The molecule has 23 heavy (non-hydrogen) atoms. The summed E-state index contributed by atoms with van der Waals surface area (Å²) in [5, 5.41) is 3.31. The second-order valence-corrected chi connectivity index (χ2v) is 6.21. The molecule has 0 saturated heterocycles. The molecular weight excluding hydrogens is 284 g/mol. The molecule has 3 nitrogen and oxygen atoms in total.